The minimum absolute atomic E-state index is 0.0851. The number of benzene rings is 1. The fourth-order valence-electron chi connectivity index (χ4n) is 2.06. The molecule has 0 saturated carbocycles. The molecule has 0 saturated heterocycles. The molecule has 1 aromatic heterocycles. The van der Waals surface area contributed by atoms with Crippen LogP contribution in [-0.2, 0) is 10.1 Å². The summed E-state index contributed by atoms with van der Waals surface area (Å²) in [6, 6.07) is 6.71. The van der Waals surface area contributed by atoms with Crippen molar-refractivity contribution in [3.05, 3.63) is 52.2 Å². The summed E-state index contributed by atoms with van der Waals surface area (Å²) in [4.78, 5) is -0.0851. The molecule has 0 amide bonds. The van der Waals surface area contributed by atoms with Crippen molar-refractivity contribution >= 4 is 27.5 Å². The molecule has 0 aliphatic rings. The molecule has 0 aliphatic carbocycles. The van der Waals surface area contributed by atoms with Gasteiger partial charge in [-0.1, -0.05) is 29.3 Å². The molecule has 8 heteroatoms. The number of nitrogens with zero attached hydrogens (tertiary/aromatic N) is 1. The van der Waals surface area contributed by atoms with Crippen LogP contribution < -0.4 is 16.3 Å². The van der Waals surface area contributed by atoms with E-state index in [2.05, 4.69) is 0 Å². The van der Waals surface area contributed by atoms with Gasteiger partial charge in [-0.2, -0.15) is 0 Å². The van der Waals surface area contributed by atoms with Gasteiger partial charge in [-0.05, 0) is 38.0 Å². The van der Waals surface area contributed by atoms with Crippen LogP contribution in [0.15, 0.2) is 35.4 Å². The lowest BCUT2D eigenvalue weighted by Crippen LogP contribution is -2.46. The van der Waals surface area contributed by atoms with E-state index in [1.54, 1.807) is 38.1 Å². The summed E-state index contributed by atoms with van der Waals surface area (Å²) in [6.07, 6.45) is 1.54. The second-order valence-electron chi connectivity index (χ2n) is 4.86. The molecule has 2 aromatic rings. The van der Waals surface area contributed by atoms with E-state index in [1.165, 1.54) is 10.9 Å². The third-order valence-corrected chi connectivity index (χ3v) is 4.20. The molecule has 0 bridgehead atoms. The molecular weight excluding hydrogens is 326 g/mol. The number of aryl methyl sites for hydroxylation is 3. The van der Waals surface area contributed by atoms with Crippen LogP contribution in [0.2, 0.25) is 5.02 Å². The predicted octanol–water partition coefficient (Wildman–Crippen LogP) is 1.44. The summed E-state index contributed by atoms with van der Waals surface area (Å²) in [5.74, 6) is 5.81. The van der Waals surface area contributed by atoms with E-state index in [9.17, 15) is 13.0 Å². The third kappa shape index (κ3) is 4.87. The van der Waals surface area contributed by atoms with Crippen LogP contribution in [0.3, 0.4) is 0 Å². The summed E-state index contributed by atoms with van der Waals surface area (Å²) >= 11 is 5.56. The normalized spacial score (nSPS) is 10.8. The van der Waals surface area contributed by atoms with Crippen LogP contribution in [0.5, 0.6) is 0 Å². The lowest BCUT2D eigenvalue weighted by molar-refractivity contribution is -0.623. The number of nitrogen functional groups attached to an aromatic ring is 2. The number of pyridine rings is 1. The van der Waals surface area contributed by atoms with Gasteiger partial charge >= 0.3 is 0 Å². The Balaban J connectivity index is 0.000000235. The van der Waals surface area contributed by atoms with Crippen LogP contribution in [0.1, 0.15) is 16.7 Å². The molecule has 6 nitrogen and oxygen atoms in total. The van der Waals surface area contributed by atoms with Gasteiger partial charge in [0, 0.05) is 6.07 Å². The minimum Gasteiger partial charge on any atom is -0.744 e. The van der Waals surface area contributed by atoms with Crippen molar-refractivity contribution in [2.45, 2.75) is 25.7 Å². The first kappa shape index (κ1) is 18.2. The number of rotatable bonds is 1. The highest BCUT2D eigenvalue weighted by atomic mass is 35.5. The molecule has 0 unspecified atom stereocenters. The molecule has 0 atom stereocenters. The molecule has 22 heavy (non-hydrogen) atoms. The quantitative estimate of drug-likeness (QED) is 0.462. The number of halogens is 1. The van der Waals surface area contributed by atoms with Gasteiger partial charge in [0.05, 0.1) is 9.92 Å². The maximum atomic E-state index is 10.8. The zero-order chi connectivity index (χ0) is 17.1. The molecular formula is C14H18ClN3O3S. The first-order chi connectivity index (χ1) is 10.0. The second kappa shape index (κ2) is 6.95. The molecule has 1 heterocycles. The highest BCUT2D eigenvalue weighted by molar-refractivity contribution is 7.85. The monoisotopic (exact) mass is 343 g/mol. The molecule has 1 aromatic carbocycles. The highest BCUT2D eigenvalue weighted by Gasteiger charge is 2.09. The van der Waals surface area contributed by atoms with Gasteiger partial charge in [0.15, 0.2) is 0 Å². The number of anilines is 1. The smallest absolute Gasteiger partial charge is 0.295 e. The zero-order valence-corrected chi connectivity index (χ0v) is 14.1. The molecule has 120 valence electrons. The average Bonchev–Trinajstić information content (AvgIpc) is 2.31. The fraction of sp³-hybridized carbons (Fsp3) is 0.214. The van der Waals surface area contributed by atoms with E-state index < -0.39 is 10.1 Å². The Morgan fingerprint density at radius 3 is 2.00 bits per heavy atom. The molecule has 2 rings (SSSR count). The van der Waals surface area contributed by atoms with Crippen molar-refractivity contribution < 1.29 is 17.6 Å². The van der Waals surface area contributed by atoms with Crippen molar-refractivity contribution in [1.82, 2.24) is 0 Å². The SMILES string of the molecule is Cc1cc(C)c(S(=O)(=O)[O-])c(C)c1.Nc1ccc(Cl)c[n+]1N. The molecule has 4 N–H and O–H groups in total. The third-order valence-electron chi connectivity index (χ3n) is 2.83. The molecule has 0 radical (unpaired) electrons. The Morgan fingerprint density at radius 2 is 1.64 bits per heavy atom. The summed E-state index contributed by atoms with van der Waals surface area (Å²) in [6.45, 7) is 5.12. The van der Waals surface area contributed by atoms with E-state index >= 15 is 0 Å². The number of hydrogen-bond donors (Lipinski definition) is 2. The van der Waals surface area contributed by atoms with E-state index in [1.807, 2.05) is 6.92 Å². The summed E-state index contributed by atoms with van der Waals surface area (Å²) in [7, 11) is -4.33. The van der Waals surface area contributed by atoms with Gasteiger partial charge < -0.3 is 4.55 Å². The van der Waals surface area contributed by atoms with Gasteiger partial charge in [-0.15, -0.1) is 4.68 Å². The first-order valence-electron chi connectivity index (χ1n) is 6.28. The summed E-state index contributed by atoms with van der Waals surface area (Å²) < 4.78 is 33.8. The van der Waals surface area contributed by atoms with Gasteiger partial charge in [0.25, 0.3) is 5.82 Å². The van der Waals surface area contributed by atoms with Gasteiger partial charge in [-0.3, -0.25) is 11.6 Å². The number of hydrogen-bond acceptors (Lipinski definition) is 5. The topological polar surface area (TPSA) is 113 Å². The van der Waals surface area contributed by atoms with Crippen molar-refractivity contribution in [3.63, 3.8) is 0 Å². The lowest BCUT2D eigenvalue weighted by atomic mass is 10.1. The average molecular weight is 344 g/mol. The van der Waals surface area contributed by atoms with Crippen LogP contribution in [0.25, 0.3) is 0 Å². The number of nitrogens with two attached hydrogens (primary N) is 2. The van der Waals surface area contributed by atoms with Gasteiger partial charge in [-0.25, -0.2) is 8.42 Å². The maximum absolute atomic E-state index is 10.8. The largest absolute Gasteiger partial charge is 0.744 e. The summed E-state index contributed by atoms with van der Waals surface area (Å²) in [5, 5.41) is 0.576. The zero-order valence-electron chi connectivity index (χ0n) is 12.5. The molecule has 0 fully saturated rings. The Kier molecular flexibility index (Phi) is 5.76. The molecule has 0 aliphatic heterocycles. The Hall–Kier alpha value is -1.83. The minimum atomic E-state index is -4.33. The van der Waals surface area contributed by atoms with Crippen molar-refractivity contribution in [2.75, 3.05) is 11.6 Å². The standard InChI is InChI=1S/C9H12O3S.C5H6ClN3/c1-6-4-7(2)9(8(3)5-6)13(10,11)12;6-4-1-2-5(7)9(8)3-4/h4-5H,1-3H3,(H,10,11,12);1-3,7H,8H2. The Morgan fingerprint density at radius 1 is 1.14 bits per heavy atom. The van der Waals surface area contributed by atoms with E-state index in [4.69, 9.17) is 23.2 Å². The Labute approximate surface area is 135 Å². The first-order valence-corrected chi connectivity index (χ1v) is 8.06. The predicted molar refractivity (Wildman–Crippen MR) is 84.8 cm³/mol. The highest BCUT2D eigenvalue weighted by Crippen LogP contribution is 2.20. The van der Waals surface area contributed by atoms with E-state index in [0.717, 1.165) is 5.56 Å². The van der Waals surface area contributed by atoms with Gasteiger partial charge in [0.2, 0.25) is 0 Å². The van der Waals surface area contributed by atoms with Crippen molar-refractivity contribution in [3.8, 4) is 0 Å². The van der Waals surface area contributed by atoms with E-state index in [-0.39, 0.29) is 4.90 Å². The number of aromatic nitrogens is 1. The maximum Gasteiger partial charge on any atom is 0.295 e. The molecule has 0 spiro atoms. The van der Waals surface area contributed by atoms with Gasteiger partial charge in [0.1, 0.15) is 16.3 Å². The fourth-order valence-corrected chi connectivity index (χ4v) is 3.14. The van der Waals surface area contributed by atoms with Crippen molar-refractivity contribution in [2.24, 2.45) is 0 Å². The van der Waals surface area contributed by atoms with Crippen LogP contribution in [0.4, 0.5) is 5.82 Å². The van der Waals surface area contributed by atoms with Crippen molar-refractivity contribution in [1.29, 1.82) is 0 Å². The van der Waals surface area contributed by atoms with Crippen LogP contribution in [-0.4, -0.2) is 13.0 Å². The van der Waals surface area contributed by atoms with E-state index in [0.29, 0.717) is 22.0 Å². The Bertz CT molecular complexity index is 769. The second-order valence-corrected chi connectivity index (χ2v) is 6.61. The van der Waals surface area contributed by atoms with Crippen LogP contribution in [0, 0.1) is 20.8 Å². The summed E-state index contributed by atoms with van der Waals surface area (Å²) in [5.41, 5.74) is 7.37. The van der Waals surface area contributed by atoms with Crippen LogP contribution >= 0.6 is 11.6 Å². The lowest BCUT2D eigenvalue weighted by Gasteiger charge is -2.14.